The molecule has 2 amide bonds. The molecule has 0 spiro atoms. The zero-order valence-corrected chi connectivity index (χ0v) is 16.8. The monoisotopic (exact) mass is 390 g/mol. The third-order valence-corrected chi connectivity index (χ3v) is 6.84. The Morgan fingerprint density at radius 2 is 1.93 bits per heavy atom. The highest BCUT2D eigenvalue weighted by molar-refractivity contribution is 7.07. The van der Waals surface area contributed by atoms with Crippen molar-refractivity contribution < 1.29 is 9.59 Å². The maximum atomic E-state index is 12.6. The molecule has 4 rings (SSSR count). The van der Waals surface area contributed by atoms with Crippen LogP contribution in [0.5, 0.6) is 0 Å². The van der Waals surface area contributed by atoms with Gasteiger partial charge in [-0.15, -0.1) is 11.3 Å². The smallest absolute Gasteiger partial charge is 0.225 e. The van der Waals surface area contributed by atoms with Crippen molar-refractivity contribution in [3.8, 4) is 0 Å². The number of amides is 2. The van der Waals surface area contributed by atoms with Gasteiger partial charge in [0.25, 0.3) is 0 Å². The predicted molar refractivity (Wildman–Crippen MR) is 105 cm³/mol. The SMILES string of the molecule is O=C(NCCc1cscn1)C1CCCN(C2CCN(C(=O)C3CC3)CC2)C1. The van der Waals surface area contributed by atoms with Gasteiger partial charge in [-0.2, -0.15) is 0 Å². The fourth-order valence-electron chi connectivity index (χ4n) is 4.41. The van der Waals surface area contributed by atoms with E-state index in [2.05, 4.69) is 20.1 Å². The van der Waals surface area contributed by atoms with Gasteiger partial charge in [-0.1, -0.05) is 0 Å². The van der Waals surface area contributed by atoms with E-state index in [0.29, 0.717) is 24.4 Å². The summed E-state index contributed by atoms with van der Waals surface area (Å²) < 4.78 is 0. The van der Waals surface area contributed by atoms with Crippen LogP contribution in [0.1, 0.15) is 44.2 Å². The van der Waals surface area contributed by atoms with Crippen LogP contribution in [0.25, 0.3) is 0 Å². The van der Waals surface area contributed by atoms with E-state index in [1.54, 1.807) is 11.3 Å². The van der Waals surface area contributed by atoms with Crippen molar-refractivity contribution in [2.75, 3.05) is 32.7 Å². The Morgan fingerprint density at radius 1 is 1.11 bits per heavy atom. The summed E-state index contributed by atoms with van der Waals surface area (Å²) in [6.45, 7) is 4.40. The number of hydrogen-bond acceptors (Lipinski definition) is 5. The molecule has 0 aromatic carbocycles. The van der Waals surface area contributed by atoms with Gasteiger partial charge in [0.1, 0.15) is 0 Å². The van der Waals surface area contributed by atoms with E-state index in [-0.39, 0.29) is 11.8 Å². The normalized spacial score (nSPS) is 24.7. The number of thiazole rings is 1. The van der Waals surface area contributed by atoms with Crippen LogP contribution in [0.4, 0.5) is 0 Å². The van der Waals surface area contributed by atoms with Crippen LogP contribution in [0.2, 0.25) is 0 Å². The molecule has 0 radical (unpaired) electrons. The van der Waals surface area contributed by atoms with Gasteiger partial charge in [-0.05, 0) is 45.1 Å². The summed E-state index contributed by atoms with van der Waals surface area (Å²) in [6.07, 6.45) is 7.16. The topological polar surface area (TPSA) is 65.5 Å². The zero-order valence-electron chi connectivity index (χ0n) is 15.9. The number of carbonyl (C=O) groups excluding carboxylic acids is 2. The first-order chi connectivity index (χ1) is 13.2. The van der Waals surface area contributed by atoms with E-state index >= 15 is 0 Å². The van der Waals surface area contributed by atoms with Gasteiger partial charge < -0.3 is 10.2 Å². The molecule has 6 nitrogen and oxygen atoms in total. The number of nitrogens with one attached hydrogen (secondary N) is 1. The number of piperidine rings is 2. The average Bonchev–Trinajstić information content (AvgIpc) is 3.44. The highest BCUT2D eigenvalue weighted by atomic mass is 32.1. The summed E-state index contributed by atoms with van der Waals surface area (Å²) in [7, 11) is 0. The predicted octanol–water partition coefficient (Wildman–Crippen LogP) is 1.91. The van der Waals surface area contributed by atoms with E-state index < -0.39 is 0 Å². The van der Waals surface area contributed by atoms with Gasteiger partial charge >= 0.3 is 0 Å². The average molecular weight is 391 g/mol. The lowest BCUT2D eigenvalue weighted by Crippen LogP contribution is -2.51. The van der Waals surface area contributed by atoms with E-state index in [0.717, 1.165) is 76.8 Å². The second-order valence-electron chi connectivity index (χ2n) is 8.19. The van der Waals surface area contributed by atoms with Gasteiger partial charge in [0.15, 0.2) is 0 Å². The number of nitrogens with zero attached hydrogens (tertiary/aromatic N) is 3. The molecule has 2 aliphatic heterocycles. The van der Waals surface area contributed by atoms with Crippen molar-refractivity contribution in [1.82, 2.24) is 20.1 Å². The number of aromatic nitrogens is 1. The molecule has 27 heavy (non-hydrogen) atoms. The Labute approximate surface area is 165 Å². The van der Waals surface area contributed by atoms with Crippen LogP contribution < -0.4 is 5.32 Å². The quantitative estimate of drug-likeness (QED) is 0.806. The van der Waals surface area contributed by atoms with E-state index in [4.69, 9.17) is 0 Å². The lowest BCUT2D eigenvalue weighted by Gasteiger charge is -2.42. The minimum absolute atomic E-state index is 0.0975. The van der Waals surface area contributed by atoms with Crippen molar-refractivity contribution in [2.24, 2.45) is 11.8 Å². The van der Waals surface area contributed by atoms with Crippen molar-refractivity contribution in [1.29, 1.82) is 0 Å². The summed E-state index contributed by atoms with van der Waals surface area (Å²) in [6, 6.07) is 0.527. The van der Waals surface area contributed by atoms with Crippen molar-refractivity contribution >= 4 is 23.2 Å². The standard InChI is InChI=1S/C20H30N4O2S/c25-19(21-8-5-17-13-27-14-22-17)16-2-1-9-24(12-16)18-6-10-23(11-7-18)20(26)15-3-4-15/h13-16,18H,1-12H2,(H,21,25). The van der Waals surface area contributed by atoms with Gasteiger partial charge in [0.2, 0.25) is 11.8 Å². The Bertz CT molecular complexity index is 638. The third kappa shape index (κ3) is 4.88. The first kappa shape index (κ1) is 18.9. The molecule has 1 saturated carbocycles. The second kappa shape index (κ2) is 8.69. The molecule has 1 aromatic heterocycles. The first-order valence-corrected chi connectivity index (χ1v) is 11.3. The lowest BCUT2D eigenvalue weighted by atomic mass is 9.93. The number of likely N-dealkylation sites (tertiary alicyclic amines) is 2. The largest absolute Gasteiger partial charge is 0.355 e. The maximum Gasteiger partial charge on any atom is 0.225 e. The number of hydrogen-bond donors (Lipinski definition) is 1. The summed E-state index contributed by atoms with van der Waals surface area (Å²) >= 11 is 1.59. The molecule has 148 valence electrons. The summed E-state index contributed by atoms with van der Waals surface area (Å²) in [4.78, 5) is 33.6. The molecule has 7 heteroatoms. The van der Waals surface area contributed by atoms with Crippen LogP contribution in [-0.4, -0.2) is 65.4 Å². The second-order valence-corrected chi connectivity index (χ2v) is 8.90. The summed E-state index contributed by atoms with van der Waals surface area (Å²) in [5.74, 6) is 0.995. The Hall–Kier alpha value is -1.47. The van der Waals surface area contributed by atoms with Crippen LogP contribution in [0.15, 0.2) is 10.9 Å². The molecule has 1 aromatic rings. The molecule has 2 saturated heterocycles. The van der Waals surface area contributed by atoms with Gasteiger partial charge in [0.05, 0.1) is 17.1 Å². The van der Waals surface area contributed by atoms with Gasteiger partial charge in [-0.25, -0.2) is 4.98 Å². The van der Waals surface area contributed by atoms with E-state index in [1.807, 2.05) is 10.9 Å². The summed E-state index contributed by atoms with van der Waals surface area (Å²) in [5.41, 5.74) is 2.89. The molecule has 1 aliphatic carbocycles. The Kier molecular flexibility index (Phi) is 6.08. The third-order valence-electron chi connectivity index (χ3n) is 6.21. The molecule has 1 N–H and O–H groups in total. The van der Waals surface area contributed by atoms with E-state index in [9.17, 15) is 9.59 Å². The van der Waals surface area contributed by atoms with Crippen LogP contribution >= 0.6 is 11.3 Å². The minimum Gasteiger partial charge on any atom is -0.355 e. The van der Waals surface area contributed by atoms with Crippen molar-refractivity contribution in [3.63, 3.8) is 0 Å². The van der Waals surface area contributed by atoms with Crippen LogP contribution in [-0.2, 0) is 16.0 Å². The zero-order chi connectivity index (χ0) is 18.6. The lowest BCUT2D eigenvalue weighted by molar-refractivity contribution is -0.134. The van der Waals surface area contributed by atoms with Crippen LogP contribution in [0, 0.1) is 11.8 Å². The highest BCUT2D eigenvalue weighted by Gasteiger charge is 2.37. The number of rotatable bonds is 6. The molecule has 0 bridgehead atoms. The fourth-order valence-corrected chi connectivity index (χ4v) is 5.00. The Balaban J connectivity index is 1.20. The molecule has 1 unspecified atom stereocenters. The molecule has 3 aliphatic rings. The maximum absolute atomic E-state index is 12.6. The van der Waals surface area contributed by atoms with Gasteiger partial charge in [-0.3, -0.25) is 14.5 Å². The molecular weight excluding hydrogens is 360 g/mol. The van der Waals surface area contributed by atoms with E-state index in [1.165, 1.54) is 0 Å². The number of carbonyl (C=O) groups is 2. The molecule has 3 heterocycles. The fraction of sp³-hybridized carbons (Fsp3) is 0.750. The molecular formula is C20H30N4O2S. The Morgan fingerprint density at radius 3 is 2.63 bits per heavy atom. The summed E-state index contributed by atoms with van der Waals surface area (Å²) in [5, 5.41) is 5.14. The minimum atomic E-state index is 0.0975. The molecule has 1 atom stereocenters. The van der Waals surface area contributed by atoms with Crippen molar-refractivity contribution in [2.45, 2.75) is 51.0 Å². The van der Waals surface area contributed by atoms with Crippen LogP contribution in [0.3, 0.4) is 0 Å². The highest BCUT2D eigenvalue weighted by Crippen LogP contribution is 2.32. The van der Waals surface area contributed by atoms with Crippen molar-refractivity contribution in [3.05, 3.63) is 16.6 Å². The first-order valence-electron chi connectivity index (χ1n) is 10.4. The molecule has 3 fully saturated rings. The van der Waals surface area contributed by atoms with Gasteiger partial charge in [0, 0.05) is 49.9 Å².